The number of carbonyl (C=O) groups is 4. The number of likely N-dealkylation sites (tertiary alicyclic amines) is 2. The van der Waals surface area contributed by atoms with E-state index in [1.54, 1.807) is 0 Å². The minimum Gasteiger partial charge on any atom is -0.453 e. The molecule has 4 atom stereocenters. The third-order valence-corrected chi connectivity index (χ3v) is 13.4. The van der Waals surface area contributed by atoms with Gasteiger partial charge in [0, 0.05) is 24.2 Å². The van der Waals surface area contributed by atoms with E-state index in [2.05, 4.69) is 32.4 Å². The maximum Gasteiger partial charge on any atom is 0.407 e. The molecule has 310 valence electrons. The Hall–Kier alpha value is -6.14. The lowest BCUT2D eigenvalue weighted by Gasteiger charge is -2.30. The molecule has 2 aromatic carbocycles. The molecule has 5 heterocycles. The van der Waals surface area contributed by atoms with Crippen LogP contribution in [0.1, 0.15) is 98.8 Å². The number of hydrogen-bond donors (Lipinski definition) is 4. The summed E-state index contributed by atoms with van der Waals surface area (Å²) in [6.07, 6.45) is 6.46. The maximum atomic E-state index is 14.1. The van der Waals surface area contributed by atoms with Gasteiger partial charge in [-0.3, -0.25) is 9.59 Å². The van der Waals surface area contributed by atoms with Gasteiger partial charge in [0.25, 0.3) is 5.91 Å². The van der Waals surface area contributed by atoms with E-state index in [4.69, 9.17) is 19.4 Å². The summed E-state index contributed by atoms with van der Waals surface area (Å²) in [6, 6.07) is 13.7. The number of imidazole rings is 2. The first-order chi connectivity index (χ1) is 29.0. The molecule has 15 heteroatoms. The number of carbonyl (C=O) groups excluding carboxylic acids is 4. The summed E-state index contributed by atoms with van der Waals surface area (Å²) in [7, 11) is 2.59. The van der Waals surface area contributed by atoms with Crippen molar-refractivity contribution in [2.75, 3.05) is 27.3 Å². The molecule has 9 rings (SSSR count). The predicted octanol–water partition coefficient (Wildman–Crippen LogP) is 7.00. The highest BCUT2D eigenvalue weighted by Gasteiger charge is 2.56. The van der Waals surface area contributed by atoms with Gasteiger partial charge in [-0.25, -0.2) is 19.6 Å². The first-order valence-corrected chi connectivity index (χ1v) is 21.4. The number of benzene rings is 2. The van der Waals surface area contributed by atoms with Crippen molar-refractivity contribution in [3.63, 3.8) is 0 Å². The number of aromatic amines is 2. The van der Waals surface area contributed by atoms with Gasteiger partial charge in [-0.1, -0.05) is 37.8 Å². The van der Waals surface area contributed by atoms with Crippen LogP contribution in [0, 0.1) is 28.6 Å². The third kappa shape index (κ3) is 7.72. The SMILES string of the molecule is COC(=O)N[C@H](C(=O)N1CC2(CC2)C[C@H]1c1ncc(-c2ccc(C#Cc3ccc4nc([C@@H]5CC6(CC6)CN5C(=O)[C@H](NC(=O)OC)c5ccsc5)[nH]c4c3)cc2)[nH]1)C(C)C. The molecule has 4 amide bonds. The minimum atomic E-state index is -0.853. The quantitative estimate of drug-likeness (QED) is 0.115. The summed E-state index contributed by atoms with van der Waals surface area (Å²) >= 11 is 1.47. The average Bonchev–Trinajstić information content (AvgIpc) is 3.71. The number of methoxy groups -OCH3 is 2. The summed E-state index contributed by atoms with van der Waals surface area (Å²) in [5.41, 5.74) is 6.01. The van der Waals surface area contributed by atoms with Gasteiger partial charge in [-0.2, -0.15) is 11.3 Å². The predicted molar refractivity (Wildman–Crippen MR) is 224 cm³/mol. The highest BCUT2D eigenvalue weighted by Crippen LogP contribution is 2.59. The average molecular weight is 829 g/mol. The number of alkyl carbamates (subject to hydrolysis) is 2. The first kappa shape index (κ1) is 39.3. The third-order valence-electron chi connectivity index (χ3n) is 12.7. The van der Waals surface area contributed by atoms with Gasteiger partial charge in [-0.05, 0) is 114 Å². The molecule has 14 nitrogen and oxygen atoms in total. The molecular formula is C45H48N8O6S. The fourth-order valence-electron chi connectivity index (χ4n) is 8.89. The van der Waals surface area contributed by atoms with Gasteiger partial charge in [0.05, 0.1) is 49.2 Å². The smallest absolute Gasteiger partial charge is 0.407 e. The Balaban J connectivity index is 0.893. The largest absolute Gasteiger partial charge is 0.453 e. The van der Waals surface area contributed by atoms with Crippen molar-refractivity contribution < 1.29 is 28.7 Å². The van der Waals surface area contributed by atoms with E-state index in [0.717, 1.165) is 89.2 Å². The van der Waals surface area contributed by atoms with Gasteiger partial charge in [-0.15, -0.1) is 0 Å². The summed E-state index contributed by atoms with van der Waals surface area (Å²) in [4.78, 5) is 72.8. The van der Waals surface area contributed by atoms with Crippen LogP contribution in [0.3, 0.4) is 0 Å². The van der Waals surface area contributed by atoms with E-state index in [9.17, 15) is 19.2 Å². The van der Waals surface area contributed by atoms with Crippen LogP contribution in [-0.2, 0) is 19.1 Å². The number of nitrogens with one attached hydrogen (secondary N) is 4. The lowest BCUT2D eigenvalue weighted by atomic mass is 10.0. The van der Waals surface area contributed by atoms with Gasteiger partial charge in [0.1, 0.15) is 23.7 Å². The number of nitrogens with zero attached hydrogens (tertiary/aromatic N) is 4. The summed E-state index contributed by atoms with van der Waals surface area (Å²) in [5, 5.41) is 9.25. The molecule has 2 aliphatic heterocycles. The molecule has 5 aromatic rings. The van der Waals surface area contributed by atoms with Gasteiger partial charge >= 0.3 is 12.2 Å². The number of fused-ring (bicyclic) bond motifs is 1. The van der Waals surface area contributed by atoms with Crippen molar-refractivity contribution in [2.24, 2.45) is 16.7 Å². The van der Waals surface area contributed by atoms with Crippen LogP contribution in [-0.4, -0.2) is 87.1 Å². The molecule has 2 saturated heterocycles. The molecule has 0 unspecified atom stereocenters. The summed E-state index contributed by atoms with van der Waals surface area (Å²) in [5.74, 6) is 7.63. The fraction of sp³-hybridized carbons (Fsp3) is 0.422. The van der Waals surface area contributed by atoms with E-state index >= 15 is 0 Å². The standard InChI is InChI=1S/C45H48N8O6S/c1-26(2)36(50-42(56)58-3)40(54)52-24-44(14-15-44)20-34(52)38-46-22-33(49-38)29-10-7-27(8-11-29)5-6-28-9-12-31-32(19-28)48-39(47-31)35-21-45(16-17-45)25-53(35)41(55)37(51-43(57)59-4)30-13-18-60-23-30/h7-13,18-19,22-23,26,34-37H,14-17,20-21,24-25H2,1-4H3,(H,46,49)(H,47,48)(H,50,56)(H,51,57)/t34-,35-,36-,37+/m0/s1. The Morgan fingerprint density at radius 1 is 0.817 bits per heavy atom. The second-order valence-electron chi connectivity index (χ2n) is 17.2. The number of thiophene rings is 1. The molecule has 2 aliphatic carbocycles. The van der Waals surface area contributed by atoms with E-state index in [0.29, 0.717) is 13.1 Å². The van der Waals surface area contributed by atoms with Crippen LogP contribution in [0.15, 0.2) is 65.5 Å². The lowest BCUT2D eigenvalue weighted by molar-refractivity contribution is -0.136. The molecule has 3 aromatic heterocycles. The van der Waals surface area contributed by atoms with Crippen molar-refractivity contribution in [1.82, 2.24) is 40.4 Å². The number of ether oxygens (including phenoxy) is 2. The Labute approximate surface area is 351 Å². The van der Waals surface area contributed by atoms with E-state index in [1.165, 1.54) is 25.6 Å². The fourth-order valence-corrected chi connectivity index (χ4v) is 9.57. The zero-order valence-electron chi connectivity index (χ0n) is 34.0. The second kappa shape index (κ2) is 15.5. The topological polar surface area (TPSA) is 175 Å². The molecule has 2 spiro atoms. The van der Waals surface area contributed by atoms with E-state index in [-0.39, 0.29) is 40.6 Å². The Bertz CT molecular complexity index is 2510. The molecule has 60 heavy (non-hydrogen) atoms. The van der Waals surface area contributed by atoms with Crippen molar-refractivity contribution in [2.45, 2.75) is 76.5 Å². The number of amides is 4. The molecule has 4 aliphatic rings. The lowest BCUT2D eigenvalue weighted by Crippen LogP contribution is -2.51. The molecule has 0 bridgehead atoms. The van der Waals surface area contributed by atoms with Crippen LogP contribution >= 0.6 is 11.3 Å². The van der Waals surface area contributed by atoms with Crippen LogP contribution in [0.4, 0.5) is 9.59 Å². The van der Waals surface area contributed by atoms with Crippen LogP contribution in [0.2, 0.25) is 0 Å². The normalized spacial score (nSPS) is 20.5. The molecule has 0 radical (unpaired) electrons. The number of aromatic nitrogens is 4. The Morgan fingerprint density at radius 3 is 2.08 bits per heavy atom. The molecule has 4 N–H and O–H groups in total. The minimum absolute atomic E-state index is 0.0790. The number of rotatable bonds is 9. The highest BCUT2D eigenvalue weighted by atomic mass is 32.1. The molecule has 2 saturated carbocycles. The van der Waals surface area contributed by atoms with Crippen LogP contribution in [0.25, 0.3) is 22.3 Å². The number of H-pyrrole nitrogens is 2. The first-order valence-electron chi connectivity index (χ1n) is 20.5. The molecule has 4 fully saturated rings. The van der Waals surface area contributed by atoms with Crippen molar-refractivity contribution in [1.29, 1.82) is 0 Å². The zero-order valence-corrected chi connectivity index (χ0v) is 34.9. The van der Waals surface area contributed by atoms with Gasteiger partial charge in [0.2, 0.25) is 5.91 Å². The molecular weight excluding hydrogens is 781 g/mol. The van der Waals surface area contributed by atoms with Gasteiger partial charge < -0.3 is 39.9 Å². The summed E-state index contributed by atoms with van der Waals surface area (Å²) in [6.45, 7) is 5.10. The van der Waals surface area contributed by atoms with Crippen LogP contribution < -0.4 is 10.6 Å². The Morgan fingerprint density at radius 2 is 1.45 bits per heavy atom. The van der Waals surface area contributed by atoms with Crippen molar-refractivity contribution in [3.8, 4) is 23.1 Å². The van der Waals surface area contributed by atoms with Gasteiger partial charge in [0.15, 0.2) is 0 Å². The van der Waals surface area contributed by atoms with Crippen molar-refractivity contribution in [3.05, 3.63) is 93.8 Å². The summed E-state index contributed by atoms with van der Waals surface area (Å²) < 4.78 is 9.67. The highest BCUT2D eigenvalue weighted by molar-refractivity contribution is 7.08. The number of hydrogen-bond acceptors (Lipinski definition) is 9. The van der Waals surface area contributed by atoms with E-state index < -0.39 is 24.3 Å². The Kier molecular flexibility index (Phi) is 10.1. The van der Waals surface area contributed by atoms with Crippen molar-refractivity contribution >= 4 is 46.4 Å². The zero-order chi connectivity index (χ0) is 41.8. The van der Waals surface area contributed by atoms with E-state index in [1.807, 2.05) is 89.1 Å². The maximum absolute atomic E-state index is 14.1. The monoisotopic (exact) mass is 828 g/mol. The van der Waals surface area contributed by atoms with Crippen LogP contribution in [0.5, 0.6) is 0 Å². The second-order valence-corrected chi connectivity index (χ2v) is 18.0.